The molecular weight excluding hydrogens is 218 g/mol. The summed E-state index contributed by atoms with van der Waals surface area (Å²) in [6.45, 7) is 0. The van der Waals surface area contributed by atoms with E-state index in [0.29, 0.717) is 11.7 Å². The van der Waals surface area contributed by atoms with E-state index in [9.17, 15) is 0 Å². The van der Waals surface area contributed by atoms with Crippen LogP contribution in [0.15, 0.2) is 0 Å². The number of nitrogens with zero attached hydrogens (tertiary/aromatic N) is 2. The van der Waals surface area contributed by atoms with E-state index in [1.807, 2.05) is 0 Å². The Morgan fingerprint density at radius 3 is 2.06 bits per heavy atom. The first-order chi connectivity index (χ1) is 7.81. The van der Waals surface area contributed by atoms with Crippen LogP contribution in [0.2, 0.25) is 0 Å². The van der Waals surface area contributed by atoms with Crippen LogP contribution < -0.4 is 5.73 Å². The molecule has 1 aromatic heterocycles. The number of aromatic nitrogens is 2. The van der Waals surface area contributed by atoms with Crippen molar-refractivity contribution < 1.29 is 0 Å². The van der Waals surface area contributed by atoms with Crippen molar-refractivity contribution in [2.75, 3.05) is 5.73 Å². The topological polar surface area (TPSA) is 51.8 Å². The third-order valence-corrected chi connectivity index (χ3v) is 5.64. The molecule has 0 spiro atoms. The first kappa shape index (κ1) is 9.40. The molecule has 3 nitrogen and oxygen atoms in total. The minimum atomic E-state index is 0.645. The molecule has 5 rings (SSSR count). The number of nitrogen functional groups attached to an aromatic ring is 1. The molecule has 4 heteroatoms. The Morgan fingerprint density at radius 1 is 0.938 bits per heavy atom. The summed E-state index contributed by atoms with van der Waals surface area (Å²) in [4.78, 5) is 0. The smallest absolute Gasteiger partial charge is 0.160 e. The van der Waals surface area contributed by atoms with Crippen LogP contribution in [0.5, 0.6) is 0 Å². The van der Waals surface area contributed by atoms with Crippen molar-refractivity contribution in [3.05, 3.63) is 5.69 Å². The fraction of sp³-hybridized carbons (Fsp3) is 0.833. The Hall–Kier alpha value is -0.640. The number of hydrogen-bond donors (Lipinski definition) is 1. The van der Waals surface area contributed by atoms with E-state index in [1.165, 1.54) is 43.8 Å². The highest BCUT2D eigenvalue weighted by Gasteiger charge is 2.49. The summed E-state index contributed by atoms with van der Waals surface area (Å²) in [6, 6.07) is 0. The molecule has 4 bridgehead atoms. The largest absolute Gasteiger partial charge is 0.381 e. The summed E-state index contributed by atoms with van der Waals surface area (Å²) < 4.78 is 8.63. The van der Waals surface area contributed by atoms with E-state index < -0.39 is 0 Å². The fourth-order valence-electron chi connectivity index (χ4n) is 4.81. The molecule has 0 saturated heterocycles. The van der Waals surface area contributed by atoms with Crippen molar-refractivity contribution in [2.45, 2.75) is 38.0 Å². The molecule has 0 aliphatic heterocycles. The fourth-order valence-corrected chi connectivity index (χ4v) is 5.33. The molecule has 4 saturated carbocycles. The van der Waals surface area contributed by atoms with Gasteiger partial charge in [0.25, 0.3) is 0 Å². The van der Waals surface area contributed by atoms with Crippen LogP contribution in [0.4, 0.5) is 5.82 Å². The highest BCUT2D eigenvalue weighted by molar-refractivity contribution is 6.99. The quantitative estimate of drug-likeness (QED) is 0.814. The van der Waals surface area contributed by atoms with E-state index in [2.05, 4.69) is 8.75 Å². The van der Waals surface area contributed by atoms with Gasteiger partial charge in [0.1, 0.15) is 5.69 Å². The molecule has 16 heavy (non-hydrogen) atoms. The van der Waals surface area contributed by atoms with Gasteiger partial charge in [-0.05, 0) is 55.8 Å². The molecule has 4 fully saturated rings. The monoisotopic (exact) mass is 235 g/mol. The number of rotatable bonds is 1. The summed E-state index contributed by atoms with van der Waals surface area (Å²) in [5.41, 5.74) is 7.10. The zero-order valence-electron chi connectivity index (χ0n) is 9.30. The SMILES string of the molecule is Nc1nsnc1C1C2CC3CC(C2)CC1C3. The highest BCUT2D eigenvalue weighted by atomic mass is 32.1. The van der Waals surface area contributed by atoms with Crippen LogP contribution in [0.25, 0.3) is 0 Å². The van der Waals surface area contributed by atoms with Crippen LogP contribution in [-0.4, -0.2) is 8.75 Å². The minimum absolute atomic E-state index is 0.645. The molecule has 2 N–H and O–H groups in total. The summed E-state index contributed by atoms with van der Waals surface area (Å²) in [5, 5.41) is 0. The average molecular weight is 235 g/mol. The Labute approximate surface area is 99.8 Å². The molecular formula is C12H17N3S. The molecule has 0 atom stereocenters. The molecule has 0 amide bonds. The standard InChI is InChI=1S/C12H17N3S/c13-12-11(14-16-15-12)10-8-2-6-1-7(4-8)5-9(10)3-6/h6-10H,1-5H2,(H2,13,15). The van der Waals surface area contributed by atoms with Crippen LogP contribution in [0.3, 0.4) is 0 Å². The lowest BCUT2D eigenvalue weighted by atomic mass is 9.51. The Bertz CT molecular complexity index is 386. The second-order valence-electron chi connectivity index (χ2n) is 5.99. The molecule has 1 heterocycles. The molecule has 0 aromatic carbocycles. The van der Waals surface area contributed by atoms with Gasteiger partial charge in [0.2, 0.25) is 0 Å². The highest BCUT2D eigenvalue weighted by Crippen LogP contribution is 2.60. The van der Waals surface area contributed by atoms with Gasteiger partial charge in [0, 0.05) is 5.92 Å². The summed E-state index contributed by atoms with van der Waals surface area (Å²) in [7, 11) is 0. The lowest BCUT2D eigenvalue weighted by Gasteiger charge is -2.54. The van der Waals surface area contributed by atoms with Gasteiger partial charge in [-0.3, -0.25) is 0 Å². The average Bonchev–Trinajstić information content (AvgIpc) is 2.63. The van der Waals surface area contributed by atoms with Gasteiger partial charge in [-0.1, -0.05) is 0 Å². The molecule has 4 aliphatic rings. The maximum atomic E-state index is 5.96. The molecule has 0 unspecified atom stereocenters. The lowest BCUT2D eigenvalue weighted by Crippen LogP contribution is -2.44. The summed E-state index contributed by atoms with van der Waals surface area (Å²) in [5.74, 6) is 5.12. The molecule has 0 radical (unpaired) electrons. The van der Waals surface area contributed by atoms with Gasteiger partial charge in [0.05, 0.1) is 11.7 Å². The van der Waals surface area contributed by atoms with E-state index in [1.54, 1.807) is 0 Å². The molecule has 1 aromatic rings. The van der Waals surface area contributed by atoms with Crippen LogP contribution >= 0.6 is 11.7 Å². The third kappa shape index (κ3) is 1.19. The molecule has 4 aliphatic carbocycles. The van der Waals surface area contributed by atoms with E-state index in [-0.39, 0.29) is 0 Å². The maximum Gasteiger partial charge on any atom is 0.160 e. The van der Waals surface area contributed by atoms with Crippen LogP contribution in [0.1, 0.15) is 43.7 Å². The van der Waals surface area contributed by atoms with Crippen molar-refractivity contribution >= 4 is 17.5 Å². The Morgan fingerprint density at radius 2 is 1.56 bits per heavy atom. The first-order valence-corrected chi connectivity index (χ1v) is 7.12. The summed E-state index contributed by atoms with van der Waals surface area (Å²) in [6.07, 6.45) is 7.21. The van der Waals surface area contributed by atoms with Gasteiger partial charge >= 0.3 is 0 Å². The first-order valence-electron chi connectivity index (χ1n) is 6.39. The van der Waals surface area contributed by atoms with E-state index in [4.69, 9.17) is 5.73 Å². The lowest BCUT2D eigenvalue weighted by molar-refractivity contribution is -0.00365. The van der Waals surface area contributed by atoms with Crippen LogP contribution in [0, 0.1) is 23.7 Å². The van der Waals surface area contributed by atoms with Crippen LogP contribution in [-0.2, 0) is 0 Å². The van der Waals surface area contributed by atoms with Crippen molar-refractivity contribution in [3.63, 3.8) is 0 Å². The maximum absolute atomic E-state index is 5.96. The Balaban J connectivity index is 1.72. The normalized spacial score (nSPS) is 45.1. The van der Waals surface area contributed by atoms with Gasteiger partial charge in [-0.25, -0.2) is 0 Å². The van der Waals surface area contributed by atoms with Crippen molar-refractivity contribution in [3.8, 4) is 0 Å². The minimum Gasteiger partial charge on any atom is -0.381 e. The number of anilines is 1. The van der Waals surface area contributed by atoms with Crippen molar-refractivity contribution in [1.29, 1.82) is 0 Å². The predicted octanol–water partition coefficient (Wildman–Crippen LogP) is 2.66. The summed E-state index contributed by atoms with van der Waals surface area (Å²) >= 11 is 1.29. The van der Waals surface area contributed by atoms with E-state index >= 15 is 0 Å². The Kier molecular flexibility index (Phi) is 1.87. The third-order valence-electron chi connectivity index (χ3n) is 5.08. The number of nitrogens with two attached hydrogens (primary N) is 1. The zero-order valence-corrected chi connectivity index (χ0v) is 10.1. The second kappa shape index (κ2) is 3.19. The second-order valence-corrected chi connectivity index (χ2v) is 6.52. The van der Waals surface area contributed by atoms with Gasteiger partial charge in [-0.2, -0.15) is 8.75 Å². The van der Waals surface area contributed by atoms with Crippen molar-refractivity contribution in [2.24, 2.45) is 23.7 Å². The predicted molar refractivity (Wildman–Crippen MR) is 64.1 cm³/mol. The zero-order chi connectivity index (χ0) is 10.7. The van der Waals surface area contributed by atoms with Gasteiger partial charge in [0.15, 0.2) is 5.82 Å². The van der Waals surface area contributed by atoms with E-state index in [0.717, 1.165) is 29.4 Å². The van der Waals surface area contributed by atoms with Gasteiger partial charge in [-0.15, -0.1) is 0 Å². The molecule has 86 valence electrons. The van der Waals surface area contributed by atoms with Gasteiger partial charge < -0.3 is 5.73 Å². The van der Waals surface area contributed by atoms with Crippen molar-refractivity contribution in [1.82, 2.24) is 8.75 Å². The number of hydrogen-bond acceptors (Lipinski definition) is 4.